The Bertz CT molecular complexity index is 597. The molecule has 118 valence electrons. The molecule has 1 aliphatic heterocycles. The van der Waals surface area contributed by atoms with Crippen molar-refractivity contribution in [2.75, 3.05) is 6.61 Å². The zero-order chi connectivity index (χ0) is 16.4. The standard InChI is InChI=1S/C16H18ClNO4/c1-9(2)13-8-22-16(21)18(13)15(20)10(3)14(19)11-4-6-12(17)7-5-11/h4-7,9-10,13H,8H2,1-3H3/t10-,13-/m1/s1. The molecule has 5 nitrogen and oxygen atoms in total. The molecular formula is C16H18ClNO4. The van der Waals surface area contributed by atoms with Gasteiger partial charge < -0.3 is 4.74 Å². The van der Waals surface area contributed by atoms with Gasteiger partial charge in [0.2, 0.25) is 5.91 Å². The summed E-state index contributed by atoms with van der Waals surface area (Å²) in [6.07, 6.45) is -0.681. The summed E-state index contributed by atoms with van der Waals surface area (Å²) in [5.74, 6) is -1.76. The van der Waals surface area contributed by atoms with Crippen LogP contribution in [-0.4, -0.2) is 35.3 Å². The molecule has 0 spiro atoms. The summed E-state index contributed by atoms with van der Waals surface area (Å²) in [5, 5.41) is 0.513. The van der Waals surface area contributed by atoms with Crippen molar-refractivity contribution in [3.05, 3.63) is 34.9 Å². The lowest BCUT2D eigenvalue weighted by Crippen LogP contribution is -2.45. The van der Waals surface area contributed by atoms with Crippen LogP contribution in [0.4, 0.5) is 4.79 Å². The van der Waals surface area contributed by atoms with Crippen molar-refractivity contribution in [1.82, 2.24) is 4.90 Å². The van der Waals surface area contributed by atoms with E-state index in [2.05, 4.69) is 0 Å². The molecule has 0 bridgehead atoms. The van der Waals surface area contributed by atoms with E-state index in [9.17, 15) is 14.4 Å². The summed E-state index contributed by atoms with van der Waals surface area (Å²) in [4.78, 5) is 37.8. The smallest absolute Gasteiger partial charge is 0.417 e. The van der Waals surface area contributed by atoms with Crippen LogP contribution in [-0.2, 0) is 9.53 Å². The van der Waals surface area contributed by atoms with E-state index in [0.717, 1.165) is 4.90 Å². The van der Waals surface area contributed by atoms with Crippen molar-refractivity contribution in [1.29, 1.82) is 0 Å². The molecule has 22 heavy (non-hydrogen) atoms. The number of hydrogen-bond donors (Lipinski definition) is 0. The van der Waals surface area contributed by atoms with Gasteiger partial charge in [-0.25, -0.2) is 9.69 Å². The SMILES string of the molecule is CC(C)[C@H]1COC(=O)N1C(=O)[C@H](C)C(=O)c1ccc(Cl)cc1. The lowest BCUT2D eigenvalue weighted by molar-refractivity contribution is -0.132. The van der Waals surface area contributed by atoms with Gasteiger partial charge in [-0.05, 0) is 37.1 Å². The molecule has 0 unspecified atom stereocenters. The van der Waals surface area contributed by atoms with Crippen molar-refractivity contribution in [3.63, 3.8) is 0 Å². The summed E-state index contributed by atoms with van der Waals surface area (Å²) in [6, 6.07) is 5.98. The number of ether oxygens (including phenoxy) is 1. The molecule has 0 saturated carbocycles. The van der Waals surface area contributed by atoms with E-state index < -0.39 is 17.9 Å². The maximum atomic E-state index is 12.5. The van der Waals surface area contributed by atoms with Gasteiger partial charge in [-0.15, -0.1) is 0 Å². The second-order valence-electron chi connectivity index (χ2n) is 5.69. The van der Waals surface area contributed by atoms with Crippen LogP contribution in [0.1, 0.15) is 31.1 Å². The van der Waals surface area contributed by atoms with Gasteiger partial charge in [0.1, 0.15) is 6.61 Å². The van der Waals surface area contributed by atoms with Crippen molar-refractivity contribution in [2.24, 2.45) is 11.8 Å². The number of rotatable bonds is 4. The van der Waals surface area contributed by atoms with Crippen LogP contribution in [0.2, 0.25) is 5.02 Å². The van der Waals surface area contributed by atoms with Crippen LogP contribution in [0.15, 0.2) is 24.3 Å². The number of nitrogens with zero attached hydrogens (tertiary/aromatic N) is 1. The summed E-state index contributed by atoms with van der Waals surface area (Å²) < 4.78 is 4.95. The first kappa shape index (κ1) is 16.5. The molecule has 1 aromatic rings. The Labute approximate surface area is 134 Å². The van der Waals surface area contributed by atoms with E-state index in [4.69, 9.17) is 16.3 Å². The third kappa shape index (κ3) is 3.14. The second-order valence-corrected chi connectivity index (χ2v) is 6.13. The molecular weight excluding hydrogens is 306 g/mol. The highest BCUT2D eigenvalue weighted by Crippen LogP contribution is 2.23. The first-order valence-electron chi connectivity index (χ1n) is 7.12. The highest BCUT2D eigenvalue weighted by Gasteiger charge is 2.42. The molecule has 1 saturated heterocycles. The number of cyclic esters (lactones) is 1. The molecule has 2 amide bonds. The van der Waals surface area contributed by atoms with Crippen LogP contribution < -0.4 is 0 Å². The number of carbonyl (C=O) groups excluding carboxylic acids is 3. The lowest BCUT2D eigenvalue weighted by atomic mass is 9.96. The maximum Gasteiger partial charge on any atom is 0.417 e. The van der Waals surface area contributed by atoms with Crippen LogP contribution in [0.5, 0.6) is 0 Å². The molecule has 0 aliphatic carbocycles. The minimum Gasteiger partial charge on any atom is -0.447 e. The molecule has 0 aromatic heterocycles. The Morgan fingerprint density at radius 2 is 1.82 bits per heavy atom. The van der Waals surface area contributed by atoms with Crippen molar-refractivity contribution in [2.45, 2.75) is 26.8 Å². The average Bonchev–Trinajstić information content (AvgIpc) is 2.87. The fraction of sp³-hybridized carbons (Fsp3) is 0.438. The Morgan fingerprint density at radius 1 is 1.23 bits per heavy atom. The lowest BCUT2D eigenvalue weighted by Gasteiger charge is -2.24. The predicted molar refractivity (Wildman–Crippen MR) is 81.8 cm³/mol. The highest BCUT2D eigenvalue weighted by molar-refractivity contribution is 6.30. The number of hydrogen-bond acceptors (Lipinski definition) is 4. The van der Waals surface area contributed by atoms with Crippen molar-refractivity contribution < 1.29 is 19.1 Å². The number of ketones is 1. The third-order valence-corrected chi connectivity index (χ3v) is 4.06. The van der Waals surface area contributed by atoms with Gasteiger partial charge in [0.15, 0.2) is 5.78 Å². The Hall–Kier alpha value is -1.88. The third-order valence-electron chi connectivity index (χ3n) is 3.81. The van der Waals surface area contributed by atoms with Gasteiger partial charge in [-0.2, -0.15) is 0 Å². The zero-order valence-corrected chi connectivity index (χ0v) is 13.5. The fourth-order valence-electron chi connectivity index (χ4n) is 2.37. The summed E-state index contributed by atoms with van der Waals surface area (Å²) in [7, 11) is 0. The van der Waals surface area contributed by atoms with E-state index in [1.165, 1.54) is 6.92 Å². The number of Topliss-reactive ketones (excluding diaryl/α,β-unsaturated/α-hetero) is 1. The first-order chi connectivity index (χ1) is 10.3. The van der Waals surface area contributed by atoms with Gasteiger partial charge in [-0.1, -0.05) is 25.4 Å². The van der Waals surface area contributed by atoms with E-state index in [0.29, 0.717) is 10.6 Å². The second kappa shape index (κ2) is 6.48. The van der Waals surface area contributed by atoms with E-state index in [1.807, 2.05) is 13.8 Å². The minimum absolute atomic E-state index is 0.0632. The van der Waals surface area contributed by atoms with Crippen LogP contribution in [0.25, 0.3) is 0 Å². The number of halogens is 1. The van der Waals surface area contributed by atoms with Crippen LogP contribution >= 0.6 is 11.6 Å². The summed E-state index contributed by atoms with van der Waals surface area (Å²) >= 11 is 5.79. The molecule has 0 N–H and O–H groups in total. The molecule has 1 aliphatic rings. The van der Waals surface area contributed by atoms with Gasteiger partial charge in [0.05, 0.1) is 12.0 Å². The Balaban J connectivity index is 2.19. The van der Waals surface area contributed by atoms with Gasteiger partial charge in [0, 0.05) is 10.6 Å². The van der Waals surface area contributed by atoms with E-state index in [1.54, 1.807) is 24.3 Å². The van der Waals surface area contributed by atoms with Crippen LogP contribution in [0, 0.1) is 11.8 Å². The minimum atomic E-state index is -0.951. The number of carbonyl (C=O) groups is 3. The molecule has 2 atom stereocenters. The molecule has 1 aromatic carbocycles. The quantitative estimate of drug-likeness (QED) is 0.630. The van der Waals surface area contributed by atoms with Crippen molar-refractivity contribution in [3.8, 4) is 0 Å². The topological polar surface area (TPSA) is 63.7 Å². The largest absolute Gasteiger partial charge is 0.447 e. The molecule has 2 rings (SSSR count). The van der Waals surface area contributed by atoms with Gasteiger partial charge in [0.25, 0.3) is 0 Å². The number of imide groups is 1. The highest BCUT2D eigenvalue weighted by atomic mass is 35.5. The normalized spacial score (nSPS) is 19.2. The fourth-order valence-corrected chi connectivity index (χ4v) is 2.49. The monoisotopic (exact) mass is 323 g/mol. The summed E-state index contributed by atoms with van der Waals surface area (Å²) in [6.45, 7) is 5.48. The molecule has 6 heteroatoms. The maximum absolute atomic E-state index is 12.5. The Kier molecular flexibility index (Phi) is 4.86. The van der Waals surface area contributed by atoms with E-state index >= 15 is 0 Å². The zero-order valence-electron chi connectivity index (χ0n) is 12.7. The number of benzene rings is 1. The predicted octanol–water partition coefficient (Wildman–Crippen LogP) is 3.16. The average molecular weight is 324 g/mol. The number of amides is 2. The Morgan fingerprint density at radius 3 is 2.36 bits per heavy atom. The van der Waals surface area contributed by atoms with Gasteiger partial charge in [-0.3, -0.25) is 9.59 Å². The van der Waals surface area contributed by atoms with Gasteiger partial charge >= 0.3 is 6.09 Å². The van der Waals surface area contributed by atoms with Crippen molar-refractivity contribution >= 4 is 29.4 Å². The first-order valence-corrected chi connectivity index (χ1v) is 7.50. The molecule has 0 radical (unpaired) electrons. The molecule has 1 heterocycles. The molecule has 1 fully saturated rings. The van der Waals surface area contributed by atoms with Crippen LogP contribution in [0.3, 0.4) is 0 Å². The summed E-state index contributed by atoms with van der Waals surface area (Å²) in [5.41, 5.74) is 0.388. The van der Waals surface area contributed by atoms with E-state index in [-0.39, 0.29) is 24.3 Å².